The fraction of sp³-hybridized carbons (Fsp3) is 0.333. The molecule has 0 saturated heterocycles. The summed E-state index contributed by atoms with van der Waals surface area (Å²) in [5, 5.41) is 4.84. The number of aromatic nitrogens is 1. The van der Waals surface area contributed by atoms with Gasteiger partial charge in [-0.15, -0.1) is 36.2 Å². The van der Waals surface area contributed by atoms with E-state index in [0.29, 0.717) is 12.1 Å². The van der Waals surface area contributed by atoms with E-state index in [-0.39, 0.29) is 31.2 Å². The molecule has 1 aromatic carbocycles. The van der Waals surface area contributed by atoms with Crippen molar-refractivity contribution in [1.29, 1.82) is 0 Å². The molecule has 4 nitrogen and oxygen atoms in total. The van der Waals surface area contributed by atoms with Gasteiger partial charge in [0.15, 0.2) is 0 Å². The molecule has 9 heteroatoms. The van der Waals surface area contributed by atoms with Gasteiger partial charge in [0.2, 0.25) is 5.91 Å². The van der Waals surface area contributed by atoms with Crippen LogP contribution in [-0.2, 0) is 17.6 Å². The smallest absolute Gasteiger partial charge is 0.277 e. The van der Waals surface area contributed by atoms with E-state index in [0.717, 1.165) is 10.6 Å². The number of benzene rings is 1. The number of carbonyl (C=O) groups is 1. The third-order valence-corrected chi connectivity index (χ3v) is 3.88. The average Bonchev–Trinajstić information content (AvgIpc) is 2.93. The summed E-state index contributed by atoms with van der Waals surface area (Å²) in [6, 6.07) is 9.85. The van der Waals surface area contributed by atoms with Gasteiger partial charge in [-0.05, 0) is 5.56 Å². The van der Waals surface area contributed by atoms with Gasteiger partial charge in [0, 0.05) is 11.8 Å². The van der Waals surface area contributed by atoms with E-state index in [1.54, 1.807) is 5.38 Å². The Morgan fingerprint density at radius 3 is 2.54 bits per heavy atom. The first kappa shape index (κ1) is 22.7. The summed E-state index contributed by atoms with van der Waals surface area (Å²) in [4.78, 5) is 16.0. The van der Waals surface area contributed by atoms with E-state index in [1.807, 2.05) is 30.3 Å². The van der Waals surface area contributed by atoms with Crippen LogP contribution in [0.4, 0.5) is 8.78 Å². The summed E-state index contributed by atoms with van der Waals surface area (Å²) in [7, 11) is 0. The zero-order valence-corrected chi connectivity index (χ0v) is 15.2. The predicted molar refractivity (Wildman–Crippen MR) is 96.6 cm³/mol. The van der Waals surface area contributed by atoms with E-state index in [4.69, 9.17) is 5.73 Å². The molecule has 0 saturated carbocycles. The van der Waals surface area contributed by atoms with Crippen LogP contribution in [0, 0.1) is 0 Å². The second-order valence-electron chi connectivity index (χ2n) is 4.91. The van der Waals surface area contributed by atoms with Gasteiger partial charge in [-0.1, -0.05) is 30.3 Å². The molecule has 1 aromatic heterocycles. The number of nitrogens with one attached hydrogen (secondary N) is 1. The quantitative estimate of drug-likeness (QED) is 0.754. The Morgan fingerprint density at radius 1 is 1.25 bits per heavy atom. The second-order valence-corrected chi connectivity index (χ2v) is 5.85. The number of nitrogens with zero attached hydrogens (tertiary/aromatic N) is 1. The van der Waals surface area contributed by atoms with Gasteiger partial charge in [-0.2, -0.15) is 0 Å². The van der Waals surface area contributed by atoms with E-state index in [1.165, 1.54) is 11.3 Å². The maximum atomic E-state index is 12.9. The number of carbonyl (C=O) groups excluding carboxylic acids is 1. The summed E-state index contributed by atoms with van der Waals surface area (Å²) in [6.07, 6.45) is 0.685. The van der Waals surface area contributed by atoms with Crippen molar-refractivity contribution in [1.82, 2.24) is 10.3 Å². The molecule has 0 aliphatic rings. The monoisotopic (exact) mass is 397 g/mol. The number of hydrogen-bond acceptors (Lipinski definition) is 4. The van der Waals surface area contributed by atoms with Gasteiger partial charge >= 0.3 is 0 Å². The Morgan fingerprint density at radius 2 is 1.92 bits per heavy atom. The molecule has 0 spiro atoms. The van der Waals surface area contributed by atoms with Crippen molar-refractivity contribution in [3.63, 3.8) is 0 Å². The lowest BCUT2D eigenvalue weighted by Gasteiger charge is -2.14. The van der Waals surface area contributed by atoms with Gasteiger partial charge in [0.1, 0.15) is 0 Å². The molecule has 1 heterocycles. The highest BCUT2D eigenvalue weighted by atomic mass is 35.5. The van der Waals surface area contributed by atoms with E-state index in [9.17, 15) is 13.6 Å². The molecule has 0 aliphatic carbocycles. The molecular weight excluding hydrogens is 379 g/mol. The number of hydrogen-bond donors (Lipinski definition) is 2. The van der Waals surface area contributed by atoms with Crippen molar-refractivity contribution in [2.75, 3.05) is 13.1 Å². The first-order valence-electron chi connectivity index (χ1n) is 6.80. The van der Waals surface area contributed by atoms with Crippen LogP contribution >= 0.6 is 36.2 Å². The van der Waals surface area contributed by atoms with Crippen LogP contribution in [0.2, 0.25) is 0 Å². The van der Waals surface area contributed by atoms with Crippen LogP contribution in [0.5, 0.6) is 0 Å². The van der Waals surface area contributed by atoms with Crippen LogP contribution < -0.4 is 11.1 Å². The minimum absolute atomic E-state index is 0. The molecule has 0 aliphatic heterocycles. The molecular formula is C15H19Cl2F2N3OS. The fourth-order valence-electron chi connectivity index (χ4n) is 1.81. The van der Waals surface area contributed by atoms with E-state index < -0.39 is 24.9 Å². The maximum absolute atomic E-state index is 12.9. The van der Waals surface area contributed by atoms with Gasteiger partial charge in [0.25, 0.3) is 5.92 Å². The fourth-order valence-corrected chi connectivity index (χ4v) is 2.64. The second kappa shape index (κ2) is 10.6. The van der Waals surface area contributed by atoms with Gasteiger partial charge in [0.05, 0.1) is 30.2 Å². The molecule has 3 N–H and O–H groups in total. The molecule has 0 radical (unpaired) electrons. The minimum atomic E-state index is -3.07. The Balaban J connectivity index is 0.00000264. The molecule has 0 bridgehead atoms. The number of thiazole rings is 1. The normalized spacial score (nSPS) is 10.5. The summed E-state index contributed by atoms with van der Waals surface area (Å²) >= 11 is 1.46. The summed E-state index contributed by atoms with van der Waals surface area (Å²) in [5.41, 5.74) is 6.63. The Bertz CT molecular complexity index is 626. The topological polar surface area (TPSA) is 68.0 Å². The Labute approximate surface area is 155 Å². The molecule has 134 valence electrons. The molecule has 0 fully saturated rings. The van der Waals surface area contributed by atoms with Crippen molar-refractivity contribution in [2.45, 2.75) is 18.8 Å². The molecule has 1 amide bonds. The van der Waals surface area contributed by atoms with Gasteiger partial charge in [-0.25, -0.2) is 13.8 Å². The van der Waals surface area contributed by atoms with Crippen LogP contribution in [0.3, 0.4) is 0 Å². The van der Waals surface area contributed by atoms with Crippen LogP contribution in [0.15, 0.2) is 35.7 Å². The Hall–Kier alpha value is -1.28. The third-order valence-electron chi connectivity index (χ3n) is 2.98. The van der Waals surface area contributed by atoms with Crippen molar-refractivity contribution < 1.29 is 13.6 Å². The SMILES string of the molecule is Cl.Cl.NCC(F)(F)CNC(=O)Cc1csc(Cc2ccccc2)n1. The van der Waals surface area contributed by atoms with Crippen molar-refractivity contribution in [2.24, 2.45) is 5.73 Å². The number of nitrogens with two attached hydrogens (primary N) is 1. The van der Waals surface area contributed by atoms with Gasteiger partial charge in [-0.3, -0.25) is 4.79 Å². The molecule has 2 rings (SSSR count). The molecule has 24 heavy (non-hydrogen) atoms. The van der Waals surface area contributed by atoms with Crippen LogP contribution in [0.25, 0.3) is 0 Å². The standard InChI is InChI=1S/C15H17F2N3OS.2ClH/c16-15(17,9-18)10-19-13(21)7-12-8-22-14(20-12)6-11-4-2-1-3-5-11;;/h1-5,8H,6-7,9-10,18H2,(H,19,21);2*1H. The molecule has 2 aromatic rings. The third kappa shape index (κ3) is 7.53. The summed E-state index contributed by atoms with van der Waals surface area (Å²) in [6.45, 7) is -1.53. The number of halogens is 4. The van der Waals surface area contributed by atoms with Crippen LogP contribution in [-0.4, -0.2) is 29.9 Å². The zero-order valence-electron chi connectivity index (χ0n) is 12.7. The van der Waals surface area contributed by atoms with Crippen molar-refractivity contribution >= 4 is 42.1 Å². The predicted octanol–water partition coefficient (Wildman–Crippen LogP) is 2.83. The highest BCUT2D eigenvalue weighted by molar-refractivity contribution is 7.09. The lowest BCUT2D eigenvalue weighted by Crippen LogP contribution is -2.42. The van der Waals surface area contributed by atoms with Gasteiger partial charge < -0.3 is 11.1 Å². The van der Waals surface area contributed by atoms with Crippen LogP contribution in [0.1, 0.15) is 16.3 Å². The van der Waals surface area contributed by atoms with Crippen molar-refractivity contribution in [3.8, 4) is 0 Å². The zero-order chi connectivity index (χ0) is 16.0. The Kier molecular flexibility index (Phi) is 9.99. The van der Waals surface area contributed by atoms with Crippen molar-refractivity contribution in [3.05, 3.63) is 52.0 Å². The number of amides is 1. The maximum Gasteiger partial charge on any atom is 0.277 e. The average molecular weight is 398 g/mol. The summed E-state index contributed by atoms with van der Waals surface area (Å²) in [5.74, 6) is -3.55. The highest BCUT2D eigenvalue weighted by Gasteiger charge is 2.27. The summed E-state index contributed by atoms with van der Waals surface area (Å²) < 4.78 is 25.9. The number of rotatable bonds is 7. The molecule has 0 atom stereocenters. The molecule has 0 unspecified atom stereocenters. The van der Waals surface area contributed by atoms with E-state index in [2.05, 4.69) is 10.3 Å². The lowest BCUT2D eigenvalue weighted by atomic mass is 10.2. The first-order chi connectivity index (χ1) is 10.5. The number of alkyl halides is 2. The first-order valence-corrected chi connectivity index (χ1v) is 7.68. The van der Waals surface area contributed by atoms with E-state index >= 15 is 0 Å². The minimum Gasteiger partial charge on any atom is -0.350 e. The highest BCUT2D eigenvalue weighted by Crippen LogP contribution is 2.15. The largest absolute Gasteiger partial charge is 0.350 e. The lowest BCUT2D eigenvalue weighted by molar-refractivity contribution is -0.122.